The van der Waals surface area contributed by atoms with E-state index in [0.29, 0.717) is 22.7 Å². The van der Waals surface area contributed by atoms with Crippen LogP contribution in [0.15, 0.2) is 30.7 Å². The van der Waals surface area contributed by atoms with Crippen LogP contribution >= 0.6 is 0 Å². The van der Waals surface area contributed by atoms with E-state index >= 15 is 0 Å². The van der Waals surface area contributed by atoms with Gasteiger partial charge in [0.05, 0.1) is 24.7 Å². The number of fused-ring (bicyclic) bond motifs is 1. The number of rotatable bonds is 5. The first-order valence-electron chi connectivity index (χ1n) is 11.1. The van der Waals surface area contributed by atoms with Crippen LogP contribution in [0, 0.1) is 5.41 Å². The summed E-state index contributed by atoms with van der Waals surface area (Å²) >= 11 is 0. The normalized spacial score (nSPS) is 20.5. The van der Waals surface area contributed by atoms with Gasteiger partial charge in [-0.1, -0.05) is 0 Å². The van der Waals surface area contributed by atoms with Gasteiger partial charge in [0.15, 0.2) is 5.65 Å². The fourth-order valence-electron chi connectivity index (χ4n) is 4.99. The highest BCUT2D eigenvalue weighted by Crippen LogP contribution is 2.47. The second-order valence-corrected chi connectivity index (χ2v) is 9.00. The maximum atomic E-state index is 12.8. The third kappa shape index (κ3) is 4.62. The van der Waals surface area contributed by atoms with Crippen molar-refractivity contribution in [1.82, 2.24) is 24.7 Å². The molecular weight excluding hydrogens is 459 g/mol. The van der Waals surface area contributed by atoms with Crippen LogP contribution in [0.3, 0.4) is 0 Å². The zero-order valence-electron chi connectivity index (χ0n) is 18.2. The molecule has 1 saturated carbocycles. The zero-order chi connectivity index (χ0) is 23.9. The van der Waals surface area contributed by atoms with E-state index in [4.69, 9.17) is 4.74 Å². The maximum Gasteiger partial charge on any atom is 0.433 e. The lowest BCUT2D eigenvalue weighted by atomic mass is 9.77. The third-order valence-electron chi connectivity index (χ3n) is 6.78. The minimum atomic E-state index is -4.47. The molecule has 0 N–H and O–H groups in total. The maximum absolute atomic E-state index is 12.8. The van der Waals surface area contributed by atoms with Gasteiger partial charge in [-0.25, -0.2) is 28.4 Å². The summed E-state index contributed by atoms with van der Waals surface area (Å²) in [5.41, 5.74) is -0.00666. The first kappa shape index (κ1) is 22.7. The molecule has 0 bridgehead atoms. The highest BCUT2D eigenvalue weighted by atomic mass is 19.4. The molecular formula is C22H23F5N6O. The smallest absolute Gasteiger partial charge is 0.433 e. The molecule has 7 nitrogen and oxygen atoms in total. The summed E-state index contributed by atoms with van der Waals surface area (Å²) in [6, 6.07) is 2.25. The average molecular weight is 482 g/mol. The Balaban J connectivity index is 1.20. The number of hydrogen-bond acceptors (Lipinski definition) is 6. The number of piperidine rings is 1. The van der Waals surface area contributed by atoms with Crippen LogP contribution in [0.5, 0.6) is 5.75 Å². The van der Waals surface area contributed by atoms with Crippen LogP contribution in [0.2, 0.25) is 0 Å². The molecule has 1 saturated heterocycles. The number of anilines is 1. The summed E-state index contributed by atoms with van der Waals surface area (Å²) in [6.45, 7) is 0.968. The second-order valence-electron chi connectivity index (χ2n) is 9.00. The predicted molar refractivity (Wildman–Crippen MR) is 113 cm³/mol. The Hall–Kier alpha value is -3.05. The molecule has 1 aliphatic heterocycles. The Morgan fingerprint density at radius 2 is 1.85 bits per heavy atom. The van der Waals surface area contributed by atoms with Crippen LogP contribution in [0.25, 0.3) is 11.2 Å². The summed E-state index contributed by atoms with van der Waals surface area (Å²) in [6.07, 6.45) is 1.60. The number of hydrogen-bond donors (Lipinski definition) is 0. The molecule has 2 fully saturated rings. The van der Waals surface area contributed by atoms with Crippen LogP contribution in [-0.4, -0.2) is 50.4 Å². The second kappa shape index (κ2) is 8.62. The van der Waals surface area contributed by atoms with Crippen molar-refractivity contribution >= 4 is 17.0 Å². The third-order valence-corrected chi connectivity index (χ3v) is 6.78. The van der Waals surface area contributed by atoms with Gasteiger partial charge in [-0.15, -0.1) is 0 Å². The Kier molecular flexibility index (Phi) is 5.76. The molecule has 4 heterocycles. The van der Waals surface area contributed by atoms with E-state index in [1.807, 2.05) is 0 Å². The van der Waals surface area contributed by atoms with Crippen LogP contribution in [-0.2, 0) is 12.7 Å². The minimum absolute atomic E-state index is 0.0649. The summed E-state index contributed by atoms with van der Waals surface area (Å²) in [4.78, 5) is 14.4. The number of aromatic nitrogens is 5. The number of ether oxygens (including phenoxy) is 1. The molecule has 3 aromatic heterocycles. The van der Waals surface area contributed by atoms with E-state index in [0.717, 1.165) is 57.5 Å². The molecule has 182 valence electrons. The van der Waals surface area contributed by atoms with E-state index in [2.05, 4.69) is 25.0 Å². The van der Waals surface area contributed by atoms with Crippen molar-refractivity contribution in [3.63, 3.8) is 0 Å². The summed E-state index contributed by atoms with van der Waals surface area (Å²) < 4.78 is 70.8. The Bertz CT molecular complexity index is 1140. The van der Waals surface area contributed by atoms with Gasteiger partial charge in [-0.3, -0.25) is 0 Å². The Morgan fingerprint density at radius 3 is 2.53 bits per heavy atom. The van der Waals surface area contributed by atoms with Gasteiger partial charge in [-0.05, 0) is 49.7 Å². The Labute approximate surface area is 192 Å². The van der Waals surface area contributed by atoms with Crippen molar-refractivity contribution in [2.45, 2.75) is 57.4 Å². The van der Waals surface area contributed by atoms with Gasteiger partial charge in [0.1, 0.15) is 29.3 Å². The van der Waals surface area contributed by atoms with Gasteiger partial charge in [0, 0.05) is 13.1 Å². The van der Waals surface area contributed by atoms with E-state index in [-0.39, 0.29) is 11.5 Å². The van der Waals surface area contributed by atoms with Gasteiger partial charge >= 0.3 is 6.18 Å². The molecule has 1 unspecified atom stereocenters. The van der Waals surface area contributed by atoms with Crippen molar-refractivity contribution in [3.05, 3.63) is 36.4 Å². The molecule has 12 heteroatoms. The summed E-state index contributed by atoms with van der Waals surface area (Å²) in [7, 11) is 0. The lowest BCUT2D eigenvalue weighted by Crippen LogP contribution is -2.40. The first-order valence-corrected chi connectivity index (χ1v) is 11.1. The molecule has 0 amide bonds. The molecule has 1 atom stereocenters. The molecule has 5 rings (SSSR count). The monoisotopic (exact) mass is 482 g/mol. The number of alkyl halides is 5. The Morgan fingerprint density at radius 1 is 1.06 bits per heavy atom. The zero-order valence-corrected chi connectivity index (χ0v) is 18.2. The lowest BCUT2D eigenvalue weighted by molar-refractivity contribution is -0.141. The fraction of sp³-hybridized carbons (Fsp3) is 0.545. The molecule has 0 aromatic carbocycles. The van der Waals surface area contributed by atoms with Crippen molar-refractivity contribution in [2.75, 3.05) is 18.0 Å². The van der Waals surface area contributed by atoms with Gasteiger partial charge in [0.2, 0.25) is 0 Å². The molecule has 3 aromatic rings. The quantitative estimate of drug-likeness (QED) is 0.490. The van der Waals surface area contributed by atoms with Gasteiger partial charge in [0.25, 0.3) is 6.43 Å². The van der Waals surface area contributed by atoms with Crippen molar-refractivity contribution in [1.29, 1.82) is 0 Å². The summed E-state index contributed by atoms with van der Waals surface area (Å²) in [5.74, 6) is 0.983. The van der Waals surface area contributed by atoms with Crippen molar-refractivity contribution < 1.29 is 26.7 Å². The van der Waals surface area contributed by atoms with Crippen LogP contribution in [0.1, 0.15) is 37.8 Å². The van der Waals surface area contributed by atoms with Gasteiger partial charge in [-0.2, -0.15) is 18.3 Å². The van der Waals surface area contributed by atoms with Crippen LogP contribution in [0.4, 0.5) is 27.8 Å². The molecule has 2 aliphatic rings. The largest absolute Gasteiger partial charge is 0.489 e. The van der Waals surface area contributed by atoms with E-state index in [9.17, 15) is 22.0 Å². The molecule has 34 heavy (non-hydrogen) atoms. The van der Waals surface area contributed by atoms with Gasteiger partial charge < -0.3 is 9.64 Å². The predicted octanol–water partition coefficient (Wildman–Crippen LogP) is 4.72. The highest BCUT2D eigenvalue weighted by Gasteiger charge is 2.42. The average Bonchev–Trinajstić information content (AvgIpc) is 3.37. The van der Waals surface area contributed by atoms with Crippen molar-refractivity contribution in [2.24, 2.45) is 5.41 Å². The van der Waals surface area contributed by atoms with E-state index in [1.54, 1.807) is 6.20 Å². The number of halogens is 5. The fourth-order valence-corrected chi connectivity index (χ4v) is 4.99. The topological polar surface area (TPSA) is 69.0 Å². The summed E-state index contributed by atoms with van der Waals surface area (Å²) in [5, 5.41) is 3.96. The standard InChI is InChI=1S/C22H23F5N6O/c23-18(24)13-33-20-16(11-30-33)28-12-19(31-20)32-7-5-21(6-8-32)4-3-14(9-21)34-15-1-2-17(29-10-15)22(25,26)27/h1-2,10-12,14,18H,3-9,13H2. The molecule has 0 radical (unpaired) electrons. The van der Waals surface area contributed by atoms with Crippen molar-refractivity contribution in [3.8, 4) is 5.75 Å². The minimum Gasteiger partial charge on any atom is -0.489 e. The SMILES string of the molecule is FC(F)Cn1ncc2ncc(N3CCC4(CCC(Oc5ccc(C(F)(F)F)nc5)C4)CC3)nc21. The number of nitrogens with zero attached hydrogens (tertiary/aromatic N) is 6. The molecule has 1 aliphatic carbocycles. The highest BCUT2D eigenvalue weighted by molar-refractivity contribution is 5.71. The molecule has 1 spiro atoms. The number of pyridine rings is 1. The van der Waals surface area contributed by atoms with E-state index in [1.165, 1.54) is 16.9 Å². The van der Waals surface area contributed by atoms with E-state index < -0.39 is 24.8 Å². The first-order chi connectivity index (χ1) is 16.2. The lowest BCUT2D eigenvalue weighted by Gasteiger charge is -2.39. The van der Waals surface area contributed by atoms with Crippen LogP contribution < -0.4 is 9.64 Å².